The first kappa shape index (κ1) is 21.6. The highest BCUT2D eigenvalue weighted by Crippen LogP contribution is 2.31. The van der Waals surface area contributed by atoms with Gasteiger partial charge < -0.3 is 9.47 Å². The van der Waals surface area contributed by atoms with Crippen LogP contribution in [-0.4, -0.2) is 9.76 Å². The SMILES string of the molecule is CC(C)(/C=C/C(Cl)(Cl)Cl)CC(=O)OCc1cccc(Oc2ccccc2)c1. The lowest BCUT2D eigenvalue weighted by atomic mass is 9.89. The molecule has 0 spiro atoms. The zero-order valence-corrected chi connectivity index (χ0v) is 17.4. The van der Waals surface area contributed by atoms with Gasteiger partial charge in [0.25, 0.3) is 0 Å². The number of benzene rings is 2. The summed E-state index contributed by atoms with van der Waals surface area (Å²) in [6, 6.07) is 16.9. The van der Waals surface area contributed by atoms with Crippen molar-refractivity contribution in [1.82, 2.24) is 0 Å². The molecule has 0 saturated carbocycles. The number of carbonyl (C=O) groups is 1. The van der Waals surface area contributed by atoms with E-state index < -0.39 is 9.21 Å². The van der Waals surface area contributed by atoms with Gasteiger partial charge in [0.2, 0.25) is 3.79 Å². The molecular formula is C21H21Cl3O3. The Labute approximate surface area is 174 Å². The Morgan fingerprint density at radius 3 is 2.30 bits per heavy atom. The summed E-state index contributed by atoms with van der Waals surface area (Å²) in [4.78, 5) is 12.1. The molecule has 2 aromatic rings. The Hall–Kier alpha value is -1.68. The van der Waals surface area contributed by atoms with E-state index in [9.17, 15) is 4.79 Å². The second kappa shape index (κ2) is 9.50. The molecule has 0 bridgehead atoms. The monoisotopic (exact) mass is 426 g/mol. The van der Waals surface area contributed by atoms with Crippen LogP contribution in [0.15, 0.2) is 66.7 Å². The standard InChI is InChI=1S/C21H21Cl3O3/c1-20(2,11-12-21(22,23)24)14-19(25)26-15-16-7-6-10-18(13-16)27-17-8-4-3-5-9-17/h3-13H,14-15H2,1-2H3/b12-11+. The fraction of sp³-hybridized carbons (Fsp3) is 0.286. The lowest BCUT2D eigenvalue weighted by Crippen LogP contribution is -2.17. The van der Waals surface area contributed by atoms with Crippen LogP contribution >= 0.6 is 34.8 Å². The summed E-state index contributed by atoms with van der Waals surface area (Å²) in [5.41, 5.74) is 0.352. The molecule has 2 aromatic carbocycles. The summed E-state index contributed by atoms with van der Waals surface area (Å²) in [5.74, 6) is 1.10. The van der Waals surface area contributed by atoms with Crippen LogP contribution in [0.2, 0.25) is 0 Å². The number of allylic oxidation sites excluding steroid dienone is 2. The Kier molecular flexibility index (Phi) is 7.60. The van der Waals surface area contributed by atoms with Crippen LogP contribution in [-0.2, 0) is 16.1 Å². The van der Waals surface area contributed by atoms with Crippen LogP contribution in [0.5, 0.6) is 11.5 Å². The number of carbonyl (C=O) groups excluding carboxylic acids is 1. The fourth-order valence-corrected chi connectivity index (χ4v) is 2.48. The molecule has 0 fully saturated rings. The van der Waals surface area contributed by atoms with Crippen molar-refractivity contribution in [3.63, 3.8) is 0 Å². The lowest BCUT2D eigenvalue weighted by Gasteiger charge is -2.20. The largest absolute Gasteiger partial charge is 0.461 e. The van der Waals surface area contributed by atoms with Crippen molar-refractivity contribution in [3.8, 4) is 11.5 Å². The van der Waals surface area contributed by atoms with E-state index in [0.29, 0.717) is 5.75 Å². The molecule has 3 nitrogen and oxygen atoms in total. The molecular weight excluding hydrogens is 407 g/mol. The molecule has 144 valence electrons. The number of halogens is 3. The van der Waals surface area contributed by atoms with E-state index in [-0.39, 0.29) is 19.0 Å². The van der Waals surface area contributed by atoms with Crippen molar-refractivity contribution in [2.24, 2.45) is 5.41 Å². The first-order valence-electron chi connectivity index (χ1n) is 8.38. The summed E-state index contributed by atoms with van der Waals surface area (Å²) in [7, 11) is 0. The maximum Gasteiger partial charge on any atom is 0.306 e. The van der Waals surface area contributed by atoms with Crippen LogP contribution in [0.1, 0.15) is 25.8 Å². The fourth-order valence-electron chi connectivity index (χ4n) is 2.29. The molecule has 0 aliphatic rings. The molecule has 0 radical (unpaired) electrons. The summed E-state index contributed by atoms with van der Waals surface area (Å²) in [6.45, 7) is 3.90. The second-order valence-electron chi connectivity index (χ2n) is 6.76. The van der Waals surface area contributed by atoms with E-state index in [0.717, 1.165) is 11.3 Å². The Balaban J connectivity index is 1.89. The first-order chi connectivity index (χ1) is 12.6. The predicted octanol–water partition coefficient (Wildman–Crippen LogP) is 6.86. The van der Waals surface area contributed by atoms with Crippen molar-refractivity contribution < 1.29 is 14.3 Å². The molecule has 0 heterocycles. The molecule has 6 heteroatoms. The van der Waals surface area contributed by atoms with E-state index >= 15 is 0 Å². The third-order valence-electron chi connectivity index (χ3n) is 3.60. The molecule has 0 unspecified atom stereocenters. The number of hydrogen-bond donors (Lipinski definition) is 0. The van der Waals surface area contributed by atoms with Gasteiger partial charge >= 0.3 is 5.97 Å². The van der Waals surface area contributed by atoms with E-state index in [1.165, 1.54) is 6.08 Å². The third-order valence-corrected chi connectivity index (χ3v) is 3.98. The number of rotatable bonds is 7. The zero-order valence-electron chi connectivity index (χ0n) is 15.1. The number of para-hydroxylation sites is 1. The predicted molar refractivity (Wildman–Crippen MR) is 111 cm³/mol. The van der Waals surface area contributed by atoms with Crippen molar-refractivity contribution in [2.45, 2.75) is 30.7 Å². The normalized spacial score (nSPS) is 12.2. The first-order valence-corrected chi connectivity index (χ1v) is 9.51. The molecule has 27 heavy (non-hydrogen) atoms. The highest BCUT2D eigenvalue weighted by Gasteiger charge is 2.23. The molecule has 0 aliphatic carbocycles. The van der Waals surface area contributed by atoms with Gasteiger partial charge in [0.15, 0.2) is 0 Å². The molecule has 0 aromatic heterocycles. The smallest absolute Gasteiger partial charge is 0.306 e. The highest BCUT2D eigenvalue weighted by atomic mass is 35.6. The minimum atomic E-state index is -1.49. The van der Waals surface area contributed by atoms with Gasteiger partial charge in [-0.15, -0.1) is 0 Å². The molecule has 2 rings (SSSR count). The van der Waals surface area contributed by atoms with Gasteiger partial charge in [0, 0.05) is 0 Å². The van der Waals surface area contributed by atoms with Crippen LogP contribution < -0.4 is 4.74 Å². The minimum absolute atomic E-state index is 0.162. The number of alkyl halides is 3. The van der Waals surface area contributed by atoms with Gasteiger partial charge in [-0.2, -0.15) is 0 Å². The highest BCUT2D eigenvalue weighted by molar-refractivity contribution is 6.68. The Morgan fingerprint density at radius 1 is 0.963 bits per heavy atom. The Bertz CT molecular complexity index is 781. The minimum Gasteiger partial charge on any atom is -0.461 e. The third kappa shape index (κ3) is 8.70. The van der Waals surface area contributed by atoms with Gasteiger partial charge in [-0.1, -0.05) is 85.1 Å². The van der Waals surface area contributed by atoms with Gasteiger partial charge in [-0.05, 0) is 41.3 Å². The quantitative estimate of drug-likeness (QED) is 0.275. The van der Waals surface area contributed by atoms with Crippen LogP contribution in [0.3, 0.4) is 0 Å². The van der Waals surface area contributed by atoms with Gasteiger partial charge in [0.1, 0.15) is 18.1 Å². The molecule has 0 aliphatic heterocycles. The van der Waals surface area contributed by atoms with Crippen molar-refractivity contribution in [3.05, 3.63) is 72.3 Å². The van der Waals surface area contributed by atoms with Gasteiger partial charge in [-0.3, -0.25) is 4.79 Å². The van der Waals surface area contributed by atoms with Crippen molar-refractivity contribution >= 4 is 40.8 Å². The van der Waals surface area contributed by atoms with Crippen LogP contribution in [0.25, 0.3) is 0 Å². The van der Waals surface area contributed by atoms with E-state index in [1.807, 2.05) is 68.4 Å². The molecule has 0 N–H and O–H groups in total. The van der Waals surface area contributed by atoms with Gasteiger partial charge in [-0.25, -0.2) is 0 Å². The number of ether oxygens (including phenoxy) is 2. The van der Waals surface area contributed by atoms with Crippen molar-refractivity contribution in [2.75, 3.05) is 0 Å². The van der Waals surface area contributed by atoms with Crippen molar-refractivity contribution in [1.29, 1.82) is 0 Å². The summed E-state index contributed by atoms with van der Waals surface area (Å²) >= 11 is 17.1. The number of hydrogen-bond acceptors (Lipinski definition) is 3. The van der Waals surface area contributed by atoms with E-state index in [2.05, 4.69) is 0 Å². The van der Waals surface area contributed by atoms with Crippen LogP contribution in [0, 0.1) is 5.41 Å². The summed E-state index contributed by atoms with van der Waals surface area (Å²) in [6.07, 6.45) is 3.31. The molecule has 0 amide bonds. The summed E-state index contributed by atoms with van der Waals surface area (Å²) in [5, 5.41) is 0. The topological polar surface area (TPSA) is 35.5 Å². The van der Waals surface area contributed by atoms with E-state index in [4.69, 9.17) is 44.3 Å². The summed E-state index contributed by atoms with van der Waals surface area (Å²) < 4.78 is 9.67. The molecule has 0 saturated heterocycles. The molecule has 0 atom stereocenters. The average Bonchev–Trinajstić information content (AvgIpc) is 2.59. The number of esters is 1. The Morgan fingerprint density at radius 2 is 1.63 bits per heavy atom. The maximum atomic E-state index is 12.1. The second-order valence-corrected chi connectivity index (χ2v) is 9.13. The van der Waals surface area contributed by atoms with Crippen LogP contribution in [0.4, 0.5) is 0 Å². The van der Waals surface area contributed by atoms with E-state index in [1.54, 1.807) is 6.08 Å². The average molecular weight is 428 g/mol. The lowest BCUT2D eigenvalue weighted by molar-refractivity contribution is -0.146. The maximum absolute atomic E-state index is 12.1. The zero-order chi connectivity index (χ0) is 19.9. The van der Waals surface area contributed by atoms with Gasteiger partial charge in [0.05, 0.1) is 6.42 Å².